The Balaban J connectivity index is 0.00000105. The molecule has 0 N–H and O–H groups in total. The van der Waals surface area contributed by atoms with E-state index in [4.69, 9.17) is 0 Å². The molecule has 3 aromatic rings. The molecule has 1 heterocycles. The molecule has 0 amide bonds. The van der Waals surface area contributed by atoms with Crippen molar-refractivity contribution in [2.75, 3.05) is 0 Å². The van der Waals surface area contributed by atoms with E-state index in [2.05, 4.69) is 96.7 Å². The maximum Gasteiger partial charge on any atom is -1.00 e. The zero-order chi connectivity index (χ0) is 16.9. The molecule has 0 radical (unpaired) electrons. The Labute approximate surface area is 184 Å². The van der Waals surface area contributed by atoms with E-state index in [1.165, 1.54) is 27.5 Å². The summed E-state index contributed by atoms with van der Waals surface area (Å²) in [7, 11) is 0. The predicted octanol–water partition coefficient (Wildman–Crippen LogP) is -0.306. The van der Waals surface area contributed by atoms with Gasteiger partial charge in [0, 0.05) is 0 Å². The molecule has 1 aromatic heterocycles. The number of rotatable bonds is 3. The number of hydrogen-bond acceptors (Lipinski definition) is 0. The van der Waals surface area contributed by atoms with E-state index < -0.39 is 23.2 Å². The van der Waals surface area contributed by atoms with Crippen LogP contribution in [0.25, 0.3) is 16.8 Å². The third-order valence-corrected chi connectivity index (χ3v) is 10.2. The first-order chi connectivity index (χ1) is 12.3. The van der Waals surface area contributed by atoms with Gasteiger partial charge in [0.2, 0.25) is 0 Å². The standard InChI is InChI=1S/C17H12N.C6H7.2ClH.Zr/c1-2-7-15-12-18(11-14(15)6-1)17-10-9-13-5-3-4-8-16(13)17;1-6-4-2-3-5-6;;;/h1-12H;2,4H,3H2,1H3;2*1H;/q;;;;+2/p-2. The van der Waals surface area contributed by atoms with Gasteiger partial charge in [-0.1, -0.05) is 0 Å². The normalized spacial score (nSPS) is 19.6. The van der Waals surface area contributed by atoms with Crippen molar-refractivity contribution < 1.29 is 48.0 Å². The van der Waals surface area contributed by atoms with Crippen molar-refractivity contribution in [1.29, 1.82) is 0 Å². The first kappa shape index (κ1) is 20.4. The number of benzene rings is 2. The zero-order valence-corrected chi connectivity index (χ0v) is 19.0. The fourth-order valence-corrected chi connectivity index (χ4v) is 8.27. The Kier molecular flexibility index (Phi) is 6.01. The number of halogens is 2. The maximum atomic E-state index is 2.50. The molecule has 2 aliphatic carbocycles. The van der Waals surface area contributed by atoms with E-state index in [1.54, 1.807) is 3.28 Å². The van der Waals surface area contributed by atoms with Crippen molar-refractivity contribution in [2.45, 2.75) is 16.6 Å². The summed E-state index contributed by atoms with van der Waals surface area (Å²) in [5.41, 5.74) is 4.36. The molecule has 0 saturated heterocycles. The molecule has 0 bridgehead atoms. The van der Waals surface area contributed by atoms with Crippen LogP contribution in [0.4, 0.5) is 0 Å². The molecule has 4 heteroatoms. The third-order valence-electron chi connectivity index (χ3n) is 5.34. The molecule has 2 aromatic carbocycles. The molecule has 0 aliphatic heterocycles. The summed E-state index contributed by atoms with van der Waals surface area (Å²) in [6.07, 6.45) is 15.3. The van der Waals surface area contributed by atoms with Crippen LogP contribution in [0.15, 0.2) is 88.0 Å². The molecule has 0 saturated carbocycles. The monoisotopic (exact) mass is 469 g/mol. The minimum absolute atomic E-state index is 0. The molecule has 0 fully saturated rings. The van der Waals surface area contributed by atoms with E-state index >= 15 is 0 Å². The Hall–Kier alpha value is -1.34. The number of hydrogen-bond donors (Lipinski definition) is 0. The second-order valence-electron chi connectivity index (χ2n) is 6.87. The van der Waals surface area contributed by atoms with Crippen molar-refractivity contribution in [3.8, 4) is 0 Å². The van der Waals surface area contributed by atoms with Crippen molar-refractivity contribution >= 4 is 16.8 Å². The molecule has 134 valence electrons. The van der Waals surface area contributed by atoms with E-state index in [0.29, 0.717) is 0 Å². The van der Waals surface area contributed by atoms with Crippen molar-refractivity contribution in [1.82, 2.24) is 4.57 Å². The summed E-state index contributed by atoms with van der Waals surface area (Å²) in [4.78, 5) is 0. The van der Waals surface area contributed by atoms with Gasteiger partial charge in [0.15, 0.2) is 0 Å². The van der Waals surface area contributed by atoms with Crippen LogP contribution < -0.4 is 24.8 Å². The quantitative estimate of drug-likeness (QED) is 0.494. The van der Waals surface area contributed by atoms with Gasteiger partial charge in [0.05, 0.1) is 0 Å². The van der Waals surface area contributed by atoms with E-state index in [9.17, 15) is 0 Å². The van der Waals surface area contributed by atoms with Crippen LogP contribution in [0, 0.1) is 0 Å². The van der Waals surface area contributed by atoms with Crippen LogP contribution in [0.3, 0.4) is 0 Å². The van der Waals surface area contributed by atoms with Crippen molar-refractivity contribution in [3.05, 3.63) is 99.1 Å². The van der Waals surface area contributed by atoms with Gasteiger partial charge in [-0.2, -0.15) is 0 Å². The molecular weight excluding hydrogens is 452 g/mol. The minimum Gasteiger partial charge on any atom is -1.00 e. The molecule has 0 spiro atoms. The predicted molar refractivity (Wildman–Crippen MR) is 101 cm³/mol. The fraction of sp³-hybridized carbons (Fsp3) is 0.130. The second-order valence-corrected chi connectivity index (χ2v) is 10.8. The molecular formula is C23H19Cl2NZr. The summed E-state index contributed by atoms with van der Waals surface area (Å²) < 4.78 is 4.26. The van der Waals surface area contributed by atoms with Gasteiger partial charge in [-0.25, -0.2) is 0 Å². The number of nitrogens with zero attached hydrogens (tertiary/aromatic N) is 1. The van der Waals surface area contributed by atoms with Crippen LogP contribution in [0.2, 0.25) is 0 Å². The van der Waals surface area contributed by atoms with Crippen molar-refractivity contribution in [3.63, 3.8) is 0 Å². The summed E-state index contributed by atoms with van der Waals surface area (Å²) in [5.74, 6) is 0. The summed E-state index contributed by atoms with van der Waals surface area (Å²) >= 11 is -0.903. The number of aromatic nitrogens is 1. The van der Waals surface area contributed by atoms with Crippen LogP contribution in [0.1, 0.15) is 24.5 Å². The van der Waals surface area contributed by atoms with Gasteiger partial charge in [0.25, 0.3) is 0 Å². The first-order valence-electron chi connectivity index (χ1n) is 8.77. The van der Waals surface area contributed by atoms with Crippen molar-refractivity contribution in [2.24, 2.45) is 0 Å². The largest absolute Gasteiger partial charge is 1.00 e. The Morgan fingerprint density at radius 1 is 0.889 bits per heavy atom. The third kappa shape index (κ3) is 3.33. The average Bonchev–Trinajstić information content (AvgIpc) is 3.34. The van der Waals surface area contributed by atoms with Crippen LogP contribution >= 0.6 is 0 Å². The first-order valence-corrected chi connectivity index (χ1v) is 11.2. The van der Waals surface area contributed by atoms with Gasteiger partial charge in [-0.3, -0.25) is 0 Å². The summed E-state index contributed by atoms with van der Waals surface area (Å²) in [6.45, 7) is 2.28. The van der Waals surface area contributed by atoms with Crippen LogP contribution in [-0.4, -0.2) is 4.57 Å². The molecule has 1 atom stereocenters. The molecule has 5 rings (SSSR count). The Morgan fingerprint density at radius 2 is 1.56 bits per heavy atom. The fourth-order valence-electron chi connectivity index (χ4n) is 3.97. The van der Waals surface area contributed by atoms with Gasteiger partial charge in [-0.15, -0.1) is 0 Å². The summed E-state index contributed by atoms with van der Waals surface area (Å²) in [5, 5.41) is 2.66. The van der Waals surface area contributed by atoms with E-state index in [1.807, 2.05) is 0 Å². The zero-order valence-electron chi connectivity index (χ0n) is 15.0. The molecule has 2 aliphatic rings. The maximum absolute atomic E-state index is 2.50. The number of allylic oxidation sites excluding steroid dienone is 5. The SMILES string of the molecule is CC1=[C]([Zr+2][C]2(n3cc4ccccc4c3)C=Cc3ccccc32)CC=C1.[Cl-].[Cl-]. The van der Waals surface area contributed by atoms with Gasteiger partial charge >= 0.3 is 160 Å². The minimum atomic E-state index is -0.903. The second kappa shape index (κ2) is 7.96. The molecule has 1 unspecified atom stereocenters. The van der Waals surface area contributed by atoms with Crippen LogP contribution in [0.5, 0.6) is 0 Å². The molecule has 27 heavy (non-hydrogen) atoms. The van der Waals surface area contributed by atoms with E-state index in [-0.39, 0.29) is 28.1 Å². The van der Waals surface area contributed by atoms with E-state index in [0.717, 1.165) is 6.42 Å². The average molecular weight is 472 g/mol. The van der Waals surface area contributed by atoms with Gasteiger partial charge < -0.3 is 24.8 Å². The molecule has 1 nitrogen and oxygen atoms in total. The van der Waals surface area contributed by atoms with Gasteiger partial charge in [-0.05, 0) is 0 Å². The van der Waals surface area contributed by atoms with Gasteiger partial charge in [0.1, 0.15) is 0 Å². The summed E-state index contributed by atoms with van der Waals surface area (Å²) in [6, 6.07) is 17.6. The Bertz CT molecular complexity index is 1040. The Morgan fingerprint density at radius 3 is 2.22 bits per heavy atom. The smallest absolute Gasteiger partial charge is 1.00 e. The van der Waals surface area contributed by atoms with Crippen LogP contribution in [-0.2, 0) is 26.5 Å². The topological polar surface area (TPSA) is 4.93 Å². The number of fused-ring (bicyclic) bond motifs is 2.